The molecule has 0 saturated carbocycles. The molecule has 0 aromatic rings. The molecule has 1 aliphatic heterocycles. The predicted octanol–water partition coefficient (Wildman–Crippen LogP) is 0.954. The molecular formula is C20H26O7. The van der Waals surface area contributed by atoms with E-state index >= 15 is 0 Å². The summed E-state index contributed by atoms with van der Waals surface area (Å²) in [4.78, 5) is 24.4. The van der Waals surface area contributed by atoms with Gasteiger partial charge in [-0.15, -0.1) is 0 Å². The van der Waals surface area contributed by atoms with Gasteiger partial charge in [0.15, 0.2) is 0 Å². The zero-order chi connectivity index (χ0) is 20.1. The first kappa shape index (κ1) is 21.1. The highest BCUT2D eigenvalue weighted by molar-refractivity contribution is 5.92. The van der Waals surface area contributed by atoms with Crippen molar-refractivity contribution in [2.75, 3.05) is 13.2 Å². The maximum absolute atomic E-state index is 12.3. The Balaban J connectivity index is 2.36. The van der Waals surface area contributed by atoms with Gasteiger partial charge in [0.2, 0.25) is 0 Å². The molecule has 1 heterocycles. The Morgan fingerprint density at radius 1 is 1.44 bits per heavy atom. The molecule has 0 spiro atoms. The number of esters is 2. The summed E-state index contributed by atoms with van der Waals surface area (Å²) in [6.07, 6.45) is 2.46. The zero-order valence-corrected chi connectivity index (χ0v) is 15.4. The molecule has 0 unspecified atom stereocenters. The van der Waals surface area contributed by atoms with Crippen molar-refractivity contribution in [2.45, 2.75) is 44.5 Å². The molecule has 0 amide bonds. The van der Waals surface area contributed by atoms with Gasteiger partial charge in [-0.25, -0.2) is 9.59 Å². The van der Waals surface area contributed by atoms with Crippen LogP contribution in [0.3, 0.4) is 0 Å². The molecule has 1 saturated heterocycles. The molecule has 7 nitrogen and oxygen atoms in total. The van der Waals surface area contributed by atoms with Crippen molar-refractivity contribution in [3.8, 4) is 0 Å². The van der Waals surface area contributed by atoms with Gasteiger partial charge in [-0.2, -0.15) is 0 Å². The fourth-order valence-corrected chi connectivity index (χ4v) is 3.23. The third kappa shape index (κ3) is 4.94. The van der Waals surface area contributed by atoms with Crippen LogP contribution < -0.4 is 0 Å². The average molecular weight is 378 g/mol. The Morgan fingerprint density at radius 3 is 2.78 bits per heavy atom. The lowest BCUT2D eigenvalue weighted by molar-refractivity contribution is -0.148. The quantitative estimate of drug-likeness (QED) is 0.371. The van der Waals surface area contributed by atoms with E-state index < -0.39 is 42.8 Å². The van der Waals surface area contributed by atoms with Gasteiger partial charge in [0.05, 0.1) is 24.7 Å². The van der Waals surface area contributed by atoms with E-state index in [-0.39, 0.29) is 17.8 Å². The third-order valence-electron chi connectivity index (χ3n) is 4.84. The third-order valence-corrected chi connectivity index (χ3v) is 4.84. The van der Waals surface area contributed by atoms with Crippen LogP contribution in [0.4, 0.5) is 0 Å². The summed E-state index contributed by atoms with van der Waals surface area (Å²) in [5.41, 5.74) is 1.60. The van der Waals surface area contributed by atoms with Crippen LogP contribution in [-0.4, -0.2) is 58.8 Å². The molecular weight excluding hydrogens is 352 g/mol. The van der Waals surface area contributed by atoms with Crippen LogP contribution in [-0.2, 0) is 19.1 Å². The molecule has 2 rings (SSSR count). The monoisotopic (exact) mass is 378 g/mol. The van der Waals surface area contributed by atoms with E-state index in [9.17, 15) is 19.8 Å². The Morgan fingerprint density at radius 2 is 2.15 bits per heavy atom. The van der Waals surface area contributed by atoms with Gasteiger partial charge in [-0.05, 0) is 31.4 Å². The number of allylic oxidation sites excluding steroid dienone is 1. The molecule has 1 aliphatic carbocycles. The molecule has 0 aromatic heterocycles. The van der Waals surface area contributed by atoms with Crippen molar-refractivity contribution in [3.05, 3.63) is 47.6 Å². The van der Waals surface area contributed by atoms with Gasteiger partial charge in [0, 0.05) is 12.0 Å². The van der Waals surface area contributed by atoms with Crippen LogP contribution in [0.2, 0.25) is 0 Å². The number of ether oxygens (including phenoxy) is 2. The Hall–Kier alpha value is -2.22. The van der Waals surface area contributed by atoms with Crippen molar-refractivity contribution in [1.29, 1.82) is 0 Å². The summed E-state index contributed by atoms with van der Waals surface area (Å²) in [7, 11) is 0. The van der Waals surface area contributed by atoms with Gasteiger partial charge in [0.25, 0.3) is 0 Å². The van der Waals surface area contributed by atoms with Crippen LogP contribution in [0.1, 0.15) is 26.2 Å². The zero-order valence-electron chi connectivity index (χ0n) is 15.4. The summed E-state index contributed by atoms with van der Waals surface area (Å²) >= 11 is 0. The van der Waals surface area contributed by atoms with E-state index in [4.69, 9.17) is 14.6 Å². The number of hydrogen-bond donors (Lipinski definition) is 3. The average Bonchev–Trinajstić information content (AvgIpc) is 2.92. The Bertz CT molecular complexity index is 688. The number of rotatable bonds is 5. The van der Waals surface area contributed by atoms with Crippen LogP contribution in [0.15, 0.2) is 47.6 Å². The first-order valence-electron chi connectivity index (χ1n) is 8.83. The molecule has 7 heteroatoms. The van der Waals surface area contributed by atoms with Gasteiger partial charge < -0.3 is 24.8 Å². The SMILES string of the molecule is C=C1C(=O)O[C@@H]2/C=C(\CO)CCC=C(C)C[C@H](OC(=O)C(=C)[C@@H](O)CO)[C@@H]12. The van der Waals surface area contributed by atoms with Crippen molar-refractivity contribution < 1.29 is 34.4 Å². The first-order valence-corrected chi connectivity index (χ1v) is 8.83. The highest BCUT2D eigenvalue weighted by Gasteiger charge is 2.44. The summed E-state index contributed by atoms with van der Waals surface area (Å²) in [5.74, 6) is -2.05. The van der Waals surface area contributed by atoms with Crippen LogP contribution in [0.5, 0.6) is 0 Å². The lowest BCUT2D eigenvalue weighted by Crippen LogP contribution is -2.35. The van der Waals surface area contributed by atoms with E-state index in [0.717, 1.165) is 11.1 Å². The normalized spacial score (nSPS) is 29.0. The minimum atomic E-state index is -1.42. The predicted molar refractivity (Wildman–Crippen MR) is 97.4 cm³/mol. The Labute approximate surface area is 158 Å². The van der Waals surface area contributed by atoms with E-state index in [2.05, 4.69) is 13.2 Å². The van der Waals surface area contributed by atoms with Crippen molar-refractivity contribution in [2.24, 2.45) is 5.92 Å². The van der Waals surface area contributed by atoms with Gasteiger partial charge in [-0.3, -0.25) is 0 Å². The molecule has 0 radical (unpaired) electrons. The van der Waals surface area contributed by atoms with Gasteiger partial charge >= 0.3 is 11.9 Å². The number of carbonyl (C=O) groups excluding carboxylic acids is 2. The number of carbonyl (C=O) groups is 2. The Kier molecular flexibility index (Phi) is 7.12. The summed E-state index contributed by atoms with van der Waals surface area (Å²) in [6.45, 7) is 8.32. The number of aliphatic hydroxyl groups excluding tert-OH is 3. The maximum atomic E-state index is 12.3. The first-order chi connectivity index (χ1) is 12.8. The van der Waals surface area contributed by atoms with Crippen LogP contribution in [0, 0.1) is 5.92 Å². The van der Waals surface area contributed by atoms with Crippen molar-refractivity contribution in [3.63, 3.8) is 0 Å². The maximum Gasteiger partial charge on any atom is 0.336 e. The van der Waals surface area contributed by atoms with Crippen LogP contribution in [0.25, 0.3) is 0 Å². The van der Waals surface area contributed by atoms with E-state index in [1.165, 1.54) is 0 Å². The second-order valence-corrected chi connectivity index (χ2v) is 6.86. The minimum Gasteiger partial charge on any atom is -0.458 e. The second kappa shape index (κ2) is 9.12. The standard InChI is InChI=1S/C20H26O7/c1-11-5-4-6-14(9-21)8-17-18(13(3)20(25)27-17)16(7-11)26-19(24)12(2)15(23)10-22/h5,8,15-18,21-23H,2-4,6-7,9-10H2,1H3/b11-5?,14-8-/t15-,16-,17+,18+/m0/s1. The number of hydrogen-bond acceptors (Lipinski definition) is 7. The molecule has 1 fully saturated rings. The van der Waals surface area contributed by atoms with Crippen LogP contribution >= 0.6 is 0 Å². The molecule has 2 aliphatic rings. The second-order valence-electron chi connectivity index (χ2n) is 6.86. The van der Waals surface area contributed by atoms with Crippen molar-refractivity contribution >= 4 is 11.9 Å². The fraction of sp³-hybridized carbons (Fsp3) is 0.500. The van der Waals surface area contributed by atoms with E-state index in [1.807, 2.05) is 13.0 Å². The fourth-order valence-electron chi connectivity index (χ4n) is 3.23. The van der Waals surface area contributed by atoms with E-state index in [1.54, 1.807) is 6.08 Å². The van der Waals surface area contributed by atoms with Gasteiger partial charge in [-0.1, -0.05) is 24.8 Å². The summed E-state index contributed by atoms with van der Waals surface area (Å²) in [6, 6.07) is 0. The van der Waals surface area contributed by atoms with Crippen molar-refractivity contribution in [1.82, 2.24) is 0 Å². The molecule has 0 bridgehead atoms. The minimum absolute atomic E-state index is 0.163. The number of fused-ring (bicyclic) bond motifs is 1. The highest BCUT2D eigenvalue weighted by Crippen LogP contribution is 2.36. The summed E-state index contributed by atoms with van der Waals surface area (Å²) < 4.78 is 10.9. The molecule has 0 aromatic carbocycles. The highest BCUT2D eigenvalue weighted by atomic mass is 16.6. The number of aliphatic hydroxyl groups is 3. The largest absolute Gasteiger partial charge is 0.458 e. The summed E-state index contributed by atoms with van der Waals surface area (Å²) in [5, 5.41) is 28.2. The lowest BCUT2D eigenvalue weighted by Gasteiger charge is -2.28. The smallest absolute Gasteiger partial charge is 0.336 e. The molecule has 27 heavy (non-hydrogen) atoms. The van der Waals surface area contributed by atoms with E-state index in [0.29, 0.717) is 19.3 Å². The molecule has 3 N–H and O–H groups in total. The topological polar surface area (TPSA) is 113 Å². The van der Waals surface area contributed by atoms with Gasteiger partial charge in [0.1, 0.15) is 18.3 Å². The lowest BCUT2D eigenvalue weighted by atomic mass is 9.85. The molecule has 4 atom stereocenters. The molecule has 148 valence electrons.